The van der Waals surface area contributed by atoms with E-state index in [0.29, 0.717) is 5.92 Å². The number of hydrogen-bond acceptors (Lipinski definition) is 3. The van der Waals surface area contributed by atoms with Gasteiger partial charge in [0.15, 0.2) is 0 Å². The van der Waals surface area contributed by atoms with Crippen LogP contribution in [0, 0.1) is 0 Å². The van der Waals surface area contributed by atoms with Crippen LogP contribution in [0.5, 0.6) is 0 Å². The number of thiazole rings is 1. The Morgan fingerprint density at radius 3 is 2.80 bits per heavy atom. The molecule has 1 N–H and O–H groups in total. The summed E-state index contributed by atoms with van der Waals surface area (Å²) in [7, 11) is 0. The summed E-state index contributed by atoms with van der Waals surface area (Å²) in [6.07, 6.45) is 5.49. The molecule has 2 nitrogen and oxygen atoms in total. The Labute approximate surface area is 96.1 Å². The van der Waals surface area contributed by atoms with E-state index in [-0.39, 0.29) is 0 Å². The largest absolute Gasteiger partial charge is 0.308 e. The summed E-state index contributed by atoms with van der Waals surface area (Å²) in [4.78, 5) is 4.63. The molecule has 15 heavy (non-hydrogen) atoms. The highest BCUT2D eigenvalue weighted by atomic mass is 32.1. The van der Waals surface area contributed by atoms with Gasteiger partial charge in [0, 0.05) is 23.9 Å². The Kier molecular flexibility index (Phi) is 3.76. The van der Waals surface area contributed by atoms with E-state index in [1.54, 1.807) is 11.3 Å². The number of nitrogens with zero attached hydrogens (tertiary/aromatic N) is 1. The van der Waals surface area contributed by atoms with Gasteiger partial charge >= 0.3 is 0 Å². The zero-order chi connectivity index (χ0) is 10.7. The van der Waals surface area contributed by atoms with Gasteiger partial charge in [0.25, 0.3) is 0 Å². The third-order valence-electron chi connectivity index (χ3n) is 2.99. The summed E-state index contributed by atoms with van der Waals surface area (Å²) >= 11 is 1.79. The maximum atomic E-state index is 4.63. The van der Waals surface area contributed by atoms with Gasteiger partial charge < -0.3 is 5.32 Å². The van der Waals surface area contributed by atoms with Gasteiger partial charge in [-0.3, -0.25) is 0 Å². The summed E-state index contributed by atoms with van der Waals surface area (Å²) in [5, 5.41) is 7.05. The maximum Gasteiger partial charge on any atom is 0.0954 e. The van der Waals surface area contributed by atoms with E-state index in [9.17, 15) is 0 Å². The standard InChI is InChI=1S/C12H20N2S/c1-9(2)12-14-11(8-15-12)7-13-10-5-3-4-6-10/h8-10,13H,3-7H2,1-2H3. The first kappa shape index (κ1) is 11.1. The average molecular weight is 224 g/mol. The van der Waals surface area contributed by atoms with Gasteiger partial charge in [0.05, 0.1) is 10.7 Å². The Morgan fingerprint density at radius 2 is 2.20 bits per heavy atom. The maximum absolute atomic E-state index is 4.63. The lowest BCUT2D eigenvalue weighted by Crippen LogP contribution is -2.25. The first-order valence-electron chi connectivity index (χ1n) is 5.93. The van der Waals surface area contributed by atoms with Gasteiger partial charge in [-0.25, -0.2) is 4.98 Å². The van der Waals surface area contributed by atoms with Gasteiger partial charge in [0.1, 0.15) is 0 Å². The molecule has 0 spiro atoms. The summed E-state index contributed by atoms with van der Waals surface area (Å²) in [5.41, 5.74) is 1.22. The third kappa shape index (κ3) is 3.02. The van der Waals surface area contributed by atoms with Crippen molar-refractivity contribution in [3.8, 4) is 0 Å². The van der Waals surface area contributed by atoms with Crippen LogP contribution in [0.15, 0.2) is 5.38 Å². The predicted molar refractivity (Wildman–Crippen MR) is 65.3 cm³/mol. The zero-order valence-electron chi connectivity index (χ0n) is 9.62. The molecule has 1 aliphatic carbocycles. The van der Waals surface area contributed by atoms with E-state index >= 15 is 0 Å². The van der Waals surface area contributed by atoms with Crippen molar-refractivity contribution in [3.05, 3.63) is 16.1 Å². The van der Waals surface area contributed by atoms with Crippen molar-refractivity contribution in [2.45, 2.75) is 58.0 Å². The second-order valence-corrected chi connectivity index (χ2v) is 5.58. The molecule has 84 valence electrons. The molecular weight excluding hydrogens is 204 g/mol. The first-order chi connectivity index (χ1) is 7.25. The quantitative estimate of drug-likeness (QED) is 0.849. The molecule has 2 rings (SSSR count). The highest BCUT2D eigenvalue weighted by molar-refractivity contribution is 7.09. The molecule has 0 radical (unpaired) electrons. The molecule has 0 amide bonds. The lowest BCUT2D eigenvalue weighted by molar-refractivity contribution is 0.519. The van der Waals surface area contributed by atoms with Crippen LogP contribution >= 0.6 is 11.3 Å². The molecule has 1 aromatic heterocycles. The van der Waals surface area contributed by atoms with Crippen LogP contribution in [0.2, 0.25) is 0 Å². The fourth-order valence-electron chi connectivity index (χ4n) is 2.05. The zero-order valence-corrected chi connectivity index (χ0v) is 10.4. The molecular formula is C12H20N2S. The topological polar surface area (TPSA) is 24.9 Å². The van der Waals surface area contributed by atoms with E-state index in [1.165, 1.54) is 36.4 Å². The van der Waals surface area contributed by atoms with Gasteiger partial charge in [-0.1, -0.05) is 26.7 Å². The van der Waals surface area contributed by atoms with Gasteiger partial charge in [-0.05, 0) is 12.8 Å². The molecule has 1 fully saturated rings. The number of rotatable bonds is 4. The number of nitrogens with one attached hydrogen (secondary N) is 1. The Morgan fingerprint density at radius 1 is 1.47 bits per heavy atom. The number of hydrogen-bond donors (Lipinski definition) is 1. The summed E-state index contributed by atoms with van der Waals surface area (Å²) in [6, 6.07) is 0.745. The SMILES string of the molecule is CC(C)c1nc(CNC2CCCC2)cs1. The van der Waals surface area contributed by atoms with E-state index in [2.05, 4.69) is 29.5 Å². The number of aromatic nitrogens is 1. The second kappa shape index (κ2) is 5.08. The fraction of sp³-hybridized carbons (Fsp3) is 0.750. The van der Waals surface area contributed by atoms with Gasteiger partial charge in [-0.15, -0.1) is 11.3 Å². The third-order valence-corrected chi connectivity index (χ3v) is 4.18. The molecule has 1 aromatic rings. The van der Waals surface area contributed by atoms with Crippen molar-refractivity contribution in [3.63, 3.8) is 0 Å². The molecule has 0 aliphatic heterocycles. The van der Waals surface area contributed by atoms with Gasteiger partial charge in [0.2, 0.25) is 0 Å². The second-order valence-electron chi connectivity index (χ2n) is 4.69. The molecule has 0 atom stereocenters. The smallest absolute Gasteiger partial charge is 0.0954 e. The molecule has 0 unspecified atom stereocenters. The lowest BCUT2D eigenvalue weighted by atomic mass is 10.2. The van der Waals surface area contributed by atoms with Crippen molar-refractivity contribution < 1.29 is 0 Å². The van der Waals surface area contributed by atoms with Gasteiger partial charge in [-0.2, -0.15) is 0 Å². The van der Waals surface area contributed by atoms with E-state index < -0.39 is 0 Å². The molecule has 3 heteroatoms. The van der Waals surface area contributed by atoms with Crippen LogP contribution in [-0.2, 0) is 6.54 Å². The average Bonchev–Trinajstić information content (AvgIpc) is 2.86. The highest BCUT2D eigenvalue weighted by Gasteiger charge is 2.14. The summed E-state index contributed by atoms with van der Waals surface area (Å²) < 4.78 is 0. The van der Waals surface area contributed by atoms with Crippen LogP contribution in [-0.4, -0.2) is 11.0 Å². The van der Waals surface area contributed by atoms with Crippen LogP contribution < -0.4 is 5.32 Å². The normalized spacial score (nSPS) is 17.8. The molecule has 0 aromatic carbocycles. The lowest BCUT2D eigenvalue weighted by Gasteiger charge is -2.09. The van der Waals surface area contributed by atoms with Crippen LogP contribution in [0.1, 0.15) is 56.2 Å². The van der Waals surface area contributed by atoms with E-state index in [0.717, 1.165) is 12.6 Å². The molecule has 0 saturated heterocycles. The minimum Gasteiger partial charge on any atom is -0.308 e. The highest BCUT2D eigenvalue weighted by Crippen LogP contribution is 2.21. The van der Waals surface area contributed by atoms with Crippen molar-refractivity contribution in [1.82, 2.24) is 10.3 Å². The molecule has 1 aliphatic rings. The van der Waals surface area contributed by atoms with E-state index in [1.807, 2.05) is 0 Å². The molecule has 0 bridgehead atoms. The Bertz CT molecular complexity index is 300. The minimum atomic E-state index is 0.565. The Hall–Kier alpha value is -0.410. The van der Waals surface area contributed by atoms with Crippen molar-refractivity contribution in [2.75, 3.05) is 0 Å². The summed E-state index contributed by atoms with van der Waals surface area (Å²) in [6.45, 7) is 5.36. The van der Waals surface area contributed by atoms with Crippen molar-refractivity contribution in [2.24, 2.45) is 0 Å². The minimum absolute atomic E-state index is 0.565. The van der Waals surface area contributed by atoms with Crippen LogP contribution in [0.4, 0.5) is 0 Å². The molecule has 1 heterocycles. The van der Waals surface area contributed by atoms with Crippen LogP contribution in [0.3, 0.4) is 0 Å². The molecule has 1 saturated carbocycles. The van der Waals surface area contributed by atoms with Crippen molar-refractivity contribution >= 4 is 11.3 Å². The Balaban J connectivity index is 1.82. The fourth-order valence-corrected chi connectivity index (χ4v) is 2.88. The van der Waals surface area contributed by atoms with Crippen molar-refractivity contribution in [1.29, 1.82) is 0 Å². The summed E-state index contributed by atoms with van der Waals surface area (Å²) in [5.74, 6) is 0.565. The van der Waals surface area contributed by atoms with E-state index in [4.69, 9.17) is 0 Å². The first-order valence-corrected chi connectivity index (χ1v) is 6.81. The van der Waals surface area contributed by atoms with Crippen LogP contribution in [0.25, 0.3) is 0 Å². The predicted octanol–water partition coefficient (Wildman–Crippen LogP) is 3.30. The monoisotopic (exact) mass is 224 g/mol.